The van der Waals surface area contributed by atoms with E-state index < -0.39 is 11.0 Å². The number of rotatable bonds is 2. The molecule has 2 heteroatoms. The molecule has 0 radical (unpaired) electrons. The first kappa shape index (κ1) is 11.9. The molecule has 4 unspecified atom stereocenters. The Balaban J connectivity index is 2.19. The number of nitriles is 1. The van der Waals surface area contributed by atoms with Crippen molar-refractivity contribution in [1.29, 1.82) is 5.26 Å². The minimum atomic E-state index is -0.687. The standard InChI is InChI=1S/C14H23NO/c1-3-12-5-7-14(16,9-12)13(10-15)6-4-11(2)8-13/h11-12,16H,3-9H2,1-2H3. The molecule has 0 aromatic heterocycles. The summed E-state index contributed by atoms with van der Waals surface area (Å²) in [5, 5.41) is 20.3. The smallest absolute Gasteiger partial charge is 0.0863 e. The summed E-state index contributed by atoms with van der Waals surface area (Å²) in [7, 11) is 0. The SMILES string of the molecule is CCC1CCC(O)(C2(C#N)CCC(C)C2)C1. The van der Waals surface area contributed by atoms with E-state index in [-0.39, 0.29) is 0 Å². The molecule has 1 N–H and O–H groups in total. The van der Waals surface area contributed by atoms with Gasteiger partial charge < -0.3 is 5.11 Å². The molecule has 4 atom stereocenters. The van der Waals surface area contributed by atoms with Crippen molar-refractivity contribution in [2.45, 2.75) is 64.4 Å². The molecular formula is C14H23NO. The maximum atomic E-state index is 10.8. The Kier molecular flexibility index (Phi) is 3.01. The third-order valence-corrected chi connectivity index (χ3v) is 5.04. The van der Waals surface area contributed by atoms with Crippen molar-refractivity contribution in [3.8, 4) is 6.07 Å². The lowest BCUT2D eigenvalue weighted by atomic mass is 9.69. The lowest BCUT2D eigenvalue weighted by Gasteiger charge is -2.37. The molecule has 90 valence electrons. The summed E-state index contributed by atoms with van der Waals surface area (Å²) in [6.45, 7) is 4.39. The van der Waals surface area contributed by atoms with Gasteiger partial charge in [0.15, 0.2) is 0 Å². The Morgan fingerprint density at radius 1 is 1.31 bits per heavy atom. The third-order valence-electron chi connectivity index (χ3n) is 5.04. The average Bonchev–Trinajstić information content (AvgIpc) is 2.84. The monoisotopic (exact) mass is 221 g/mol. The molecule has 0 saturated heterocycles. The Hall–Kier alpha value is -0.550. The van der Waals surface area contributed by atoms with Gasteiger partial charge in [0.1, 0.15) is 0 Å². The fourth-order valence-corrected chi connectivity index (χ4v) is 3.83. The maximum Gasteiger partial charge on any atom is 0.0863 e. The van der Waals surface area contributed by atoms with Gasteiger partial charge in [0.25, 0.3) is 0 Å². The Labute approximate surface area is 98.7 Å². The van der Waals surface area contributed by atoms with E-state index in [2.05, 4.69) is 19.9 Å². The predicted molar refractivity (Wildman–Crippen MR) is 63.6 cm³/mol. The lowest BCUT2D eigenvalue weighted by Crippen LogP contribution is -2.44. The summed E-state index contributed by atoms with van der Waals surface area (Å²) < 4.78 is 0. The first-order valence-electron chi connectivity index (χ1n) is 6.69. The van der Waals surface area contributed by atoms with Gasteiger partial charge in [-0.3, -0.25) is 0 Å². The van der Waals surface area contributed by atoms with Gasteiger partial charge in [-0.2, -0.15) is 5.26 Å². The summed E-state index contributed by atoms with van der Waals surface area (Å²) in [4.78, 5) is 0. The molecule has 16 heavy (non-hydrogen) atoms. The molecule has 0 aromatic rings. The lowest BCUT2D eigenvalue weighted by molar-refractivity contribution is -0.0515. The number of nitrogens with zero attached hydrogens (tertiary/aromatic N) is 1. The molecule has 0 heterocycles. The second-order valence-corrected chi connectivity index (χ2v) is 6.09. The van der Waals surface area contributed by atoms with Crippen LogP contribution in [0.2, 0.25) is 0 Å². The van der Waals surface area contributed by atoms with Gasteiger partial charge in [0.2, 0.25) is 0 Å². The zero-order valence-corrected chi connectivity index (χ0v) is 10.5. The molecule has 0 aliphatic heterocycles. The van der Waals surface area contributed by atoms with E-state index in [1.807, 2.05) is 0 Å². The van der Waals surface area contributed by atoms with Crippen molar-refractivity contribution in [2.75, 3.05) is 0 Å². The summed E-state index contributed by atoms with van der Waals surface area (Å²) in [6, 6.07) is 2.48. The molecule has 2 rings (SSSR count). The molecule has 2 nitrogen and oxygen atoms in total. The van der Waals surface area contributed by atoms with Gasteiger partial charge in [0.05, 0.1) is 17.1 Å². The third kappa shape index (κ3) is 1.66. The van der Waals surface area contributed by atoms with Crippen LogP contribution in [0.5, 0.6) is 0 Å². The molecule has 2 saturated carbocycles. The highest BCUT2D eigenvalue weighted by atomic mass is 16.3. The second kappa shape index (κ2) is 4.04. The van der Waals surface area contributed by atoms with E-state index in [9.17, 15) is 10.4 Å². The predicted octanol–water partition coefficient (Wildman–Crippen LogP) is 3.26. The highest BCUT2D eigenvalue weighted by Gasteiger charge is 2.56. The number of hydrogen-bond acceptors (Lipinski definition) is 2. The largest absolute Gasteiger partial charge is 0.388 e. The zero-order valence-electron chi connectivity index (χ0n) is 10.5. The average molecular weight is 221 g/mol. The van der Waals surface area contributed by atoms with Gasteiger partial charge in [0, 0.05) is 0 Å². The van der Waals surface area contributed by atoms with Crippen LogP contribution in [-0.2, 0) is 0 Å². The van der Waals surface area contributed by atoms with Crippen LogP contribution >= 0.6 is 0 Å². The fourth-order valence-electron chi connectivity index (χ4n) is 3.83. The van der Waals surface area contributed by atoms with Crippen molar-refractivity contribution in [2.24, 2.45) is 17.3 Å². The first-order valence-corrected chi connectivity index (χ1v) is 6.69. The van der Waals surface area contributed by atoms with Crippen molar-refractivity contribution in [1.82, 2.24) is 0 Å². The molecule has 2 aliphatic carbocycles. The summed E-state index contributed by atoms with van der Waals surface area (Å²) in [5.74, 6) is 1.23. The molecule has 2 aliphatic rings. The van der Waals surface area contributed by atoms with Crippen LogP contribution in [0.25, 0.3) is 0 Å². The van der Waals surface area contributed by atoms with Gasteiger partial charge in [-0.1, -0.05) is 20.3 Å². The van der Waals surface area contributed by atoms with E-state index in [1.54, 1.807) is 0 Å². The van der Waals surface area contributed by atoms with Crippen LogP contribution in [-0.4, -0.2) is 10.7 Å². The molecule has 0 spiro atoms. The van der Waals surface area contributed by atoms with Crippen LogP contribution in [0.1, 0.15) is 58.8 Å². The van der Waals surface area contributed by atoms with Crippen molar-refractivity contribution in [3.05, 3.63) is 0 Å². The first-order chi connectivity index (χ1) is 7.55. The molecule has 2 fully saturated rings. The van der Waals surface area contributed by atoms with Gasteiger partial charge in [-0.15, -0.1) is 0 Å². The van der Waals surface area contributed by atoms with E-state index >= 15 is 0 Å². The molecule has 0 amide bonds. The number of hydrogen-bond donors (Lipinski definition) is 1. The Bertz CT molecular complexity index is 308. The maximum absolute atomic E-state index is 10.8. The summed E-state index contributed by atoms with van der Waals surface area (Å²) in [5.41, 5.74) is -1.12. The van der Waals surface area contributed by atoms with Crippen LogP contribution in [0.15, 0.2) is 0 Å². The topological polar surface area (TPSA) is 44.0 Å². The molecule has 0 bridgehead atoms. The van der Waals surface area contributed by atoms with Crippen LogP contribution < -0.4 is 0 Å². The van der Waals surface area contributed by atoms with Crippen molar-refractivity contribution < 1.29 is 5.11 Å². The minimum absolute atomic E-state index is 0.434. The van der Waals surface area contributed by atoms with Crippen molar-refractivity contribution in [3.63, 3.8) is 0 Å². The normalized spacial score (nSPS) is 48.1. The highest BCUT2D eigenvalue weighted by molar-refractivity contribution is 5.16. The molecular weight excluding hydrogens is 198 g/mol. The van der Waals surface area contributed by atoms with Gasteiger partial charge in [-0.05, 0) is 50.4 Å². The summed E-state index contributed by atoms with van der Waals surface area (Å²) in [6.07, 6.45) is 6.83. The fraction of sp³-hybridized carbons (Fsp3) is 0.929. The van der Waals surface area contributed by atoms with Gasteiger partial charge >= 0.3 is 0 Å². The van der Waals surface area contributed by atoms with E-state index in [1.165, 1.54) is 0 Å². The Morgan fingerprint density at radius 2 is 2.06 bits per heavy atom. The number of aliphatic hydroxyl groups is 1. The van der Waals surface area contributed by atoms with Crippen LogP contribution in [0, 0.1) is 28.6 Å². The molecule has 0 aromatic carbocycles. The summed E-state index contributed by atoms with van der Waals surface area (Å²) >= 11 is 0. The van der Waals surface area contributed by atoms with E-state index in [0.717, 1.165) is 44.9 Å². The van der Waals surface area contributed by atoms with Crippen molar-refractivity contribution >= 4 is 0 Å². The van der Waals surface area contributed by atoms with E-state index in [4.69, 9.17) is 0 Å². The highest BCUT2D eigenvalue weighted by Crippen LogP contribution is 2.55. The van der Waals surface area contributed by atoms with Gasteiger partial charge in [-0.25, -0.2) is 0 Å². The van der Waals surface area contributed by atoms with Crippen LogP contribution in [0.3, 0.4) is 0 Å². The van der Waals surface area contributed by atoms with E-state index in [0.29, 0.717) is 11.8 Å². The van der Waals surface area contributed by atoms with Crippen LogP contribution in [0.4, 0.5) is 0 Å². The minimum Gasteiger partial charge on any atom is -0.388 e. The quantitative estimate of drug-likeness (QED) is 0.777. The second-order valence-electron chi connectivity index (χ2n) is 6.09. The zero-order chi connectivity index (χ0) is 11.8. The Morgan fingerprint density at radius 3 is 2.50 bits per heavy atom.